The Bertz CT molecular complexity index is 1110. The summed E-state index contributed by atoms with van der Waals surface area (Å²) in [7, 11) is 1.64. The van der Waals surface area contributed by atoms with E-state index in [0.717, 1.165) is 61.0 Å². The van der Waals surface area contributed by atoms with E-state index in [1.807, 2.05) is 35.5 Å². The van der Waals surface area contributed by atoms with Gasteiger partial charge in [-0.15, -0.1) is 0 Å². The second kappa shape index (κ2) is 11.6. The number of aromatic amines is 1. The highest BCUT2D eigenvalue weighted by Gasteiger charge is 2.30. The lowest BCUT2D eigenvalue weighted by Gasteiger charge is -2.27. The molecule has 3 N–H and O–H groups in total. The standard InChI is InChI=1S/C25H33N7O3/c1-35-19-7-8-21-20(14-19)18(15-28-21)9-10-27-25(29-17-26)30-22-6-2-3-13-32(24(22)34)16-23(33)31-11-4-5-12-31/h7-8,14-15,22,28H,2-6,9-13,16H2,1H3,(H2,27,29,30). The van der Waals surface area contributed by atoms with Crippen LogP contribution in [0.25, 0.3) is 10.9 Å². The van der Waals surface area contributed by atoms with Crippen LogP contribution in [0.1, 0.15) is 37.7 Å². The highest BCUT2D eigenvalue weighted by Crippen LogP contribution is 2.24. The van der Waals surface area contributed by atoms with E-state index in [9.17, 15) is 14.9 Å². The van der Waals surface area contributed by atoms with Gasteiger partial charge in [0.25, 0.3) is 0 Å². The zero-order valence-corrected chi connectivity index (χ0v) is 20.2. The summed E-state index contributed by atoms with van der Waals surface area (Å²) in [5, 5.41) is 16.0. The number of carbonyl (C=O) groups excluding carboxylic acids is 2. The predicted molar refractivity (Wildman–Crippen MR) is 133 cm³/mol. The Hall–Kier alpha value is -3.74. The van der Waals surface area contributed by atoms with Crippen molar-refractivity contribution in [1.29, 1.82) is 5.26 Å². The molecule has 2 aromatic rings. The Kier molecular flexibility index (Phi) is 8.08. The van der Waals surface area contributed by atoms with Gasteiger partial charge in [-0.25, -0.2) is 0 Å². The Morgan fingerprint density at radius 1 is 1.26 bits per heavy atom. The van der Waals surface area contributed by atoms with Crippen molar-refractivity contribution in [2.75, 3.05) is 39.8 Å². The molecule has 35 heavy (non-hydrogen) atoms. The molecule has 3 heterocycles. The van der Waals surface area contributed by atoms with Crippen molar-refractivity contribution in [2.45, 2.75) is 44.6 Å². The molecule has 0 bridgehead atoms. The van der Waals surface area contributed by atoms with Crippen LogP contribution in [0.3, 0.4) is 0 Å². The van der Waals surface area contributed by atoms with E-state index in [4.69, 9.17) is 4.74 Å². The number of fused-ring (bicyclic) bond motifs is 1. The van der Waals surface area contributed by atoms with Gasteiger partial charge < -0.3 is 24.8 Å². The number of rotatable bonds is 7. The van der Waals surface area contributed by atoms with Crippen molar-refractivity contribution in [3.63, 3.8) is 0 Å². The number of amides is 2. The number of hydrogen-bond donors (Lipinski definition) is 3. The van der Waals surface area contributed by atoms with Gasteiger partial charge in [0.2, 0.25) is 17.8 Å². The van der Waals surface area contributed by atoms with Gasteiger partial charge in [0.1, 0.15) is 11.8 Å². The molecular formula is C25H33N7O3. The fourth-order valence-corrected chi connectivity index (χ4v) is 4.74. The molecule has 0 radical (unpaired) electrons. The Morgan fingerprint density at radius 3 is 2.83 bits per heavy atom. The number of aliphatic imine (C=N–C) groups is 1. The van der Waals surface area contributed by atoms with E-state index in [1.165, 1.54) is 0 Å². The predicted octanol–water partition coefficient (Wildman–Crippen LogP) is 1.74. The largest absolute Gasteiger partial charge is 0.497 e. The summed E-state index contributed by atoms with van der Waals surface area (Å²) in [6.45, 7) is 2.65. The highest BCUT2D eigenvalue weighted by molar-refractivity contribution is 5.92. The van der Waals surface area contributed by atoms with Crippen LogP contribution in [0.2, 0.25) is 0 Å². The van der Waals surface area contributed by atoms with Gasteiger partial charge in [0, 0.05) is 43.3 Å². The Labute approximate surface area is 205 Å². The average molecular weight is 480 g/mol. The Balaban J connectivity index is 1.39. The summed E-state index contributed by atoms with van der Waals surface area (Å²) in [6.07, 6.45) is 8.89. The summed E-state index contributed by atoms with van der Waals surface area (Å²) in [4.78, 5) is 37.1. The van der Waals surface area contributed by atoms with Gasteiger partial charge in [0.05, 0.1) is 13.7 Å². The normalized spacial score (nSPS) is 18.9. The Morgan fingerprint density at radius 2 is 2.06 bits per heavy atom. The van der Waals surface area contributed by atoms with Gasteiger partial charge in [-0.2, -0.15) is 5.26 Å². The van der Waals surface area contributed by atoms with Crippen molar-refractivity contribution in [1.82, 2.24) is 25.4 Å². The summed E-state index contributed by atoms with van der Waals surface area (Å²) in [5.41, 5.74) is 2.11. The van der Waals surface area contributed by atoms with E-state index in [0.29, 0.717) is 25.9 Å². The summed E-state index contributed by atoms with van der Waals surface area (Å²) >= 11 is 0. The van der Waals surface area contributed by atoms with Crippen LogP contribution < -0.4 is 15.4 Å². The van der Waals surface area contributed by atoms with E-state index in [2.05, 4.69) is 20.6 Å². The number of nitrogens with one attached hydrogen (secondary N) is 3. The molecule has 2 aliphatic heterocycles. The van der Waals surface area contributed by atoms with Crippen LogP contribution in [0, 0.1) is 11.5 Å². The van der Waals surface area contributed by atoms with Crippen molar-refractivity contribution >= 4 is 28.7 Å². The fraction of sp³-hybridized carbons (Fsp3) is 0.520. The number of nitrogens with zero attached hydrogens (tertiary/aromatic N) is 4. The average Bonchev–Trinajstić information content (AvgIpc) is 3.51. The van der Waals surface area contributed by atoms with Crippen LogP contribution in [0.4, 0.5) is 0 Å². The van der Waals surface area contributed by atoms with Crippen LogP contribution in [0.15, 0.2) is 29.4 Å². The minimum Gasteiger partial charge on any atom is -0.497 e. The molecular weight excluding hydrogens is 446 g/mol. The third kappa shape index (κ3) is 6.04. The SMILES string of the molecule is COc1ccc2[nH]cc(CCN=C(NC#N)NC3CCCCN(CC(=O)N4CCCC4)C3=O)c2c1. The van der Waals surface area contributed by atoms with Crippen LogP contribution in [-0.4, -0.2) is 78.4 Å². The highest BCUT2D eigenvalue weighted by atomic mass is 16.5. The lowest BCUT2D eigenvalue weighted by atomic mass is 10.1. The first-order chi connectivity index (χ1) is 17.1. The number of benzene rings is 1. The smallest absolute Gasteiger partial charge is 0.245 e. The molecule has 0 spiro atoms. The topological polar surface area (TPSA) is 126 Å². The third-order valence-corrected chi connectivity index (χ3v) is 6.68. The minimum absolute atomic E-state index is 0.0101. The molecule has 4 rings (SSSR count). The number of ether oxygens (including phenoxy) is 1. The number of H-pyrrole nitrogens is 1. The second-order valence-corrected chi connectivity index (χ2v) is 8.98. The molecule has 0 saturated carbocycles. The van der Waals surface area contributed by atoms with Crippen LogP contribution in [-0.2, 0) is 16.0 Å². The van der Waals surface area contributed by atoms with E-state index in [-0.39, 0.29) is 24.3 Å². The molecule has 2 fully saturated rings. The van der Waals surface area contributed by atoms with Gasteiger partial charge in [0.15, 0.2) is 6.19 Å². The molecule has 2 saturated heterocycles. The lowest BCUT2D eigenvalue weighted by Crippen LogP contribution is -2.52. The first-order valence-electron chi connectivity index (χ1n) is 12.3. The molecule has 0 aliphatic carbocycles. The molecule has 1 atom stereocenters. The fourth-order valence-electron chi connectivity index (χ4n) is 4.74. The number of hydrogen-bond acceptors (Lipinski definition) is 5. The van der Waals surface area contributed by atoms with Crippen LogP contribution >= 0.6 is 0 Å². The van der Waals surface area contributed by atoms with E-state index in [1.54, 1.807) is 12.0 Å². The second-order valence-electron chi connectivity index (χ2n) is 8.98. The summed E-state index contributed by atoms with van der Waals surface area (Å²) in [5.74, 6) is 0.952. The quantitative estimate of drug-likeness (QED) is 0.240. The lowest BCUT2D eigenvalue weighted by molar-refractivity contribution is -0.140. The van der Waals surface area contributed by atoms with E-state index >= 15 is 0 Å². The van der Waals surface area contributed by atoms with Crippen molar-refractivity contribution < 1.29 is 14.3 Å². The molecule has 186 valence electrons. The van der Waals surface area contributed by atoms with Gasteiger partial charge in [-0.05, 0) is 62.3 Å². The number of methoxy groups -OCH3 is 1. The molecule has 2 aliphatic rings. The van der Waals surface area contributed by atoms with E-state index < -0.39 is 6.04 Å². The maximum absolute atomic E-state index is 13.2. The third-order valence-electron chi connectivity index (χ3n) is 6.68. The minimum atomic E-state index is -0.527. The van der Waals surface area contributed by atoms with Gasteiger partial charge in [-0.3, -0.25) is 19.9 Å². The molecule has 2 amide bonds. The molecule has 10 heteroatoms. The maximum Gasteiger partial charge on any atom is 0.245 e. The molecule has 1 unspecified atom stereocenters. The zero-order chi connectivity index (χ0) is 24.6. The van der Waals surface area contributed by atoms with Gasteiger partial charge >= 0.3 is 0 Å². The number of nitriles is 1. The van der Waals surface area contributed by atoms with Crippen molar-refractivity contribution in [3.05, 3.63) is 30.0 Å². The number of guanidine groups is 1. The van der Waals surface area contributed by atoms with Crippen molar-refractivity contribution in [2.24, 2.45) is 4.99 Å². The first-order valence-corrected chi connectivity index (χ1v) is 12.3. The van der Waals surface area contributed by atoms with Crippen LogP contribution in [0.5, 0.6) is 5.75 Å². The molecule has 1 aromatic heterocycles. The summed E-state index contributed by atoms with van der Waals surface area (Å²) < 4.78 is 5.33. The molecule has 10 nitrogen and oxygen atoms in total. The zero-order valence-electron chi connectivity index (χ0n) is 20.2. The van der Waals surface area contributed by atoms with Gasteiger partial charge in [-0.1, -0.05) is 0 Å². The number of likely N-dealkylation sites (tertiary alicyclic amines) is 2. The molecule has 1 aromatic carbocycles. The van der Waals surface area contributed by atoms with Crippen molar-refractivity contribution in [3.8, 4) is 11.9 Å². The number of aromatic nitrogens is 1. The monoisotopic (exact) mass is 479 g/mol. The maximum atomic E-state index is 13.2. The first kappa shape index (κ1) is 24.4. The summed E-state index contributed by atoms with van der Waals surface area (Å²) in [6, 6.07) is 5.34. The number of carbonyl (C=O) groups is 2.